The molecule has 0 saturated heterocycles. The molecular weight excluding hydrogens is 396 g/mol. The van der Waals surface area contributed by atoms with E-state index in [0.29, 0.717) is 19.8 Å². The van der Waals surface area contributed by atoms with Crippen molar-refractivity contribution in [3.63, 3.8) is 0 Å². The second-order valence-corrected chi connectivity index (χ2v) is 8.00. The number of ether oxygens (including phenoxy) is 2. The van der Waals surface area contributed by atoms with Crippen molar-refractivity contribution in [2.24, 2.45) is 0 Å². The zero-order valence-electron chi connectivity index (χ0n) is 18.4. The predicted octanol–water partition coefficient (Wildman–Crippen LogP) is 6.46. The van der Waals surface area contributed by atoms with Crippen LogP contribution in [0.4, 0.5) is 0 Å². The molecule has 0 aliphatic carbocycles. The maximum Gasteiger partial charge on any atom is 0.148 e. The van der Waals surface area contributed by atoms with Gasteiger partial charge in [-0.2, -0.15) is 0 Å². The molecular formula is C28H26N2O2. The summed E-state index contributed by atoms with van der Waals surface area (Å²) in [5, 5.41) is 2.27. The number of rotatable bonds is 7. The molecule has 1 aromatic heterocycles. The summed E-state index contributed by atoms with van der Waals surface area (Å²) in [4.78, 5) is 4.85. The van der Waals surface area contributed by atoms with Crippen LogP contribution in [0.2, 0.25) is 0 Å². The summed E-state index contributed by atoms with van der Waals surface area (Å²) in [5.41, 5.74) is 4.37. The van der Waals surface area contributed by atoms with Gasteiger partial charge in [0.25, 0.3) is 0 Å². The van der Waals surface area contributed by atoms with Crippen LogP contribution in [0.15, 0.2) is 84.9 Å². The minimum atomic E-state index is 0.395. The van der Waals surface area contributed by atoms with E-state index in [4.69, 9.17) is 14.5 Å². The van der Waals surface area contributed by atoms with Crippen LogP contribution in [0.1, 0.15) is 17.0 Å². The molecule has 0 atom stereocenters. The topological polar surface area (TPSA) is 36.3 Å². The molecule has 4 nitrogen and oxygen atoms in total. The summed E-state index contributed by atoms with van der Waals surface area (Å²) in [6, 6.07) is 28.8. The maximum atomic E-state index is 6.25. The highest BCUT2D eigenvalue weighted by atomic mass is 16.5. The third-order valence-corrected chi connectivity index (χ3v) is 5.81. The van der Waals surface area contributed by atoms with Crippen LogP contribution < -0.4 is 9.47 Å². The third kappa shape index (κ3) is 3.92. The molecule has 0 saturated carbocycles. The molecule has 0 amide bonds. The average Bonchev–Trinajstić information content (AvgIpc) is 3.17. The predicted molar refractivity (Wildman–Crippen MR) is 129 cm³/mol. The molecule has 0 fully saturated rings. The third-order valence-electron chi connectivity index (χ3n) is 5.81. The Kier molecular flexibility index (Phi) is 5.51. The SMILES string of the molecule is Cc1cccc(C)c1OCCn1c(COc2cccc3ccccc23)nc2ccccc21. The van der Waals surface area contributed by atoms with Gasteiger partial charge in [-0.15, -0.1) is 0 Å². The van der Waals surface area contributed by atoms with Crippen LogP contribution in [-0.2, 0) is 13.2 Å². The van der Waals surface area contributed by atoms with Gasteiger partial charge in [-0.1, -0.05) is 66.7 Å². The molecule has 0 unspecified atom stereocenters. The van der Waals surface area contributed by atoms with Gasteiger partial charge in [0.1, 0.15) is 30.5 Å². The van der Waals surface area contributed by atoms with Crippen LogP contribution in [0, 0.1) is 13.8 Å². The molecule has 0 spiro atoms. The molecule has 5 rings (SSSR count). The number of fused-ring (bicyclic) bond motifs is 2. The first-order chi connectivity index (χ1) is 15.7. The molecule has 0 aliphatic rings. The van der Waals surface area contributed by atoms with Crippen molar-refractivity contribution in [3.8, 4) is 11.5 Å². The van der Waals surface area contributed by atoms with Gasteiger partial charge in [0.15, 0.2) is 0 Å². The van der Waals surface area contributed by atoms with Crippen LogP contribution in [-0.4, -0.2) is 16.2 Å². The van der Waals surface area contributed by atoms with Gasteiger partial charge in [-0.3, -0.25) is 0 Å². The van der Waals surface area contributed by atoms with E-state index in [9.17, 15) is 0 Å². The van der Waals surface area contributed by atoms with Crippen LogP contribution in [0.5, 0.6) is 11.5 Å². The Morgan fingerprint density at radius 3 is 2.34 bits per heavy atom. The second-order valence-electron chi connectivity index (χ2n) is 8.00. The van der Waals surface area contributed by atoms with Gasteiger partial charge >= 0.3 is 0 Å². The zero-order chi connectivity index (χ0) is 21.9. The van der Waals surface area contributed by atoms with E-state index in [0.717, 1.165) is 44.9 Å². The monoisotopic (exact) mass is 422 g/mol. The molecule has 4 aromatic carbocycles. The van der Waals surface area contributed by atoms with E-state index in [2.05, 4.69) is 60.9 Å². The normalized spacial score (nSPS) is 11.2. The highest BCUT2D eigenvalue weighted by Crippen LogP contribution is 2.27. The Morgan fingerprint density at radius 2 is 1.47 bits per heavy atom. The lowest BCUT2D eigenvalue weighted by Crippen LogP contribution is -2.13. The minimum Gasteiger partial charge on any atom is -0.491 e. The van der Waals surface area contributed by atoms with Gasteiger partial charge in [-0.25, -0.2) is 4.98 Å². The number of nitrogens with zero attached hydrogens (tertiary/aromatic N) is 2. The first kappa shape index (κ1) is 20.1. The smallest absolute Gasteiger partial charge is 0.148 e. The molecule has 0 radical (unpaired) electrons. The zero-order valence-corrected chi connectivity index (χ0v) is 18.4. The summed E-state index contributed by atoms with van der Waals surface area (Å²) < 4.78 is 14.6. The molecule has 0 bridgehead atoms. The Hall–Kier alpha value is -3.79. The molecule has 32 heavy (non-hydrogen) atoms. The number of aromatic nitrogens is 2. The number of hydrogen-bond donors (Lipinski definition) is 0. The number of hydrogen-bond acceptors (Lipinski definition) is 3. The van der Waals surface area contributed by atoms with Crippen molar-refractivity contribution < 1.29 is 9.47 Å². The number of aryl methyl sites for hydroxylation is 2. The molecule has 5 aromatic rings. The van der Waals surface area contributed by atoms with Gasteiger partial charge < -0.3 is 14.0 Å². The van der Waals surface area contributed by atoms with Crippen molar-refractivity contribution in [1.29, 1.82) is 0 Å². The number of para-hydroxylation sites is 3. The van der Waals surface area contributed by atoms with Crippen LogP contribution >= 0.6 is 0 Å². The maximum absolute atomic E-state index is 6.25. The standard InChI is InChI=1S/C28H26N2O2/c1-20-9-7-10-21(2)28(20)31-18-17-30-25-15-6-5-14-24(25)29-27(30)19-32-26-16-8-12-22-11-3-4-13-23(22)26/h3-16H,17-19H2,1-2H3. The average molecular weight is 423 g/mol. The van der Waals surface area contributed by atoms with Crippen LogP contribution in [0.25, 0.3) is 21.8 Å². The molecule has 160 valence electrons. The van der Waals surface area contributed by atoms with Gasteiger partial charge in [-0.05, 0) is 48.6 Å². The van der Waals surface area contributed by atoms with E-state index in [1.54, 1.807) is 0 Å². The first-order valence-electron chi connectivity index (χ1n) is 10.9. The summed E-state index contributed by atoms with van der Waals surface area (Å²) in [5.74, 6) is 2.73. The van der Waals surface area contributed by atoms with Gasteiger partial charge in [0, 0.05) is 5.39 Å². The molecule has 1 heterocycles. The van der Waals surface area contributed by atoms with Crippen LogP contribution in [0.3, 0.4) is 0 Å². The molecule has 4 heteroatoms. The van der Waals surface area contributed by atoms with Crippen molar-refractivity contribution in [2.75, 3.05) is 6.61 Å². The quantitative estimate of drug-likeness (QED) is 0.302. The Morgan fingerprint density at radius 1 is 0.750 bits per heavy atom. The lowest BCUT2D eigenvalue weighted by molar-refractivity contribution is 0.272. The fraction of sp³-hybridized carbons (Fsp3) is 0.179. The van der Waals surface area contributed by atoms with E-state index < -0.39 is 0 Å². The van der Waals surface area contributed by atoms with E-state index in [1.807, 2.05) is 42.5 Å². The Labute approximate surface area is 188 Å². The number of imidazole rings is 1. The summed E-state index contributed by atoms with van der Waals surface area (Å²) in [7, 11) is 0. The summed E-state index contributed by atoms with van der Waals surface area (Å²) >= 11 is 0. The van der Waals surface area contributed by atoms with Crippen molar-refractivity contribution in [1.82, 2.24) is 9.55 Å². The Bertz CT molecular complexity index is 1360. The molecule has 0 aliphatic heterocycles. The highest BCUT2D eigenvalue weighted by molar-refractivity contribution is 5.88. The van der Waals surface area contributed by atoms with E-state index >= 15 is 0 Å². The van der Waals surface area contributed by atoms with E-state index in [-0.39, 0.29) is 0 Å². The van der Waals surface area contributed by atoms with Crippen molar-refractivity contribution >= 4 is 21.8 Å². The first-order valence-corrected chi connectivity index (χ1v) is 10.9. The molecule has 0 N–H and O–H groups in total. The second kappa shape index (κ2) is 8.75. The fourth-order valence-electron chi connectivity index (χ4n) is 4.21. The van der Waals surface area contributed by atoms with E-state index in [1.165, 1.54) is 5.39 Å². The lowest BCUT2D eigenvalue weighted by Gasteiger charge is -2.14. The largest absolute Gasteiger partial charge is 0.491 e. The highest BCUT2D eigenvalue weighted by Gasteiger charge is 2.13. The number of benzene rings is 4. The summed E-state index contributed by atoms with van der Waals surface area (Å²) in [6.07, 6.45) is 0. The van der Waals surface area contributed by atoms with Gasteiger partial charge in [0.05, 0.1) is 17.6 Å². The van der Waals surface area contributed by atoms with Crippen molar-refractivity contribution in [2.45, 2.75) is 27.0 Å². The summed E-state index contributed by atoms with van der Waals surface area (Å²) in [6.45, 7) is 5.82. The fourth-order valence-corrected chi connectivity index (χ4v) is 4.21. The lowest BCUT2D eigenvalue weighted by atomic mass is 10.1. The van der Waals surface area contributed by atoms with Gasteiger partial charge in [0.2, 0.25) is 0 Å². The Balaban J connectivity index is 1.39. The van der Waals surface area contributed by atoms with Crippen molar-refractivity contribution in [3.05, 3.63) is 102 Å². The minimum absolute atomic E-state index is 0.395.